The summed E-state index contributed by atoms with van der Waals surface area (Å²) < 4.78 is 5.27. The minimum Gasteiger partial charge on any atom is -0.436 e. The Morgan fingerprint density at radius 2 is 2.29 bits per heavy atom. The molecule has 0 radical (unpaired) electrons. The van der Waals surface area contributed by atoms with Crippen molar-refractivity contribution in [2.24, 2.45) is 0 Å². The van der Waals surface area contributed by atoms with Crippen molar-refractivity contribution in [2.75, 3.05) is 13.1 Å². The van der Waals surface area contributed by atoms with Gasteiger partial charge in [-0.3, -0.25) is 4.79 Å². The monoisotopic (exact) mass is 259 g/mol. The van der Waals surface area contributed by atoms with Gasteiger partial charge in [0.05, 0.1) is 5.69 Å². The van der Waals surface area contributed by atoms with Gasteiger partial charge in [0.25, 0.3) is 5.91 Å². The van der Waals surface area contributed by atoms with Crippen molar-refractivity contribution in [3.63, 3.8) is 0 Å². The van der Waals surface area contributed by atoms with Crippen LogP contribution in [0.1, 0.15) is 35.0 Å². The van der Waals surface area contributed by atoms with Gasteiger partial charge in [0.2, 0.25) is 5.76 Å². The van der Waals surface area contributed by atoms with Crippen molar-refractivity contribution in [2.45, 2.75) is 32.7 Å². The third-order valence-corrected chi connectivity index (χ3v) is 2.74. The molecule has 2 heterocycles. The van der Waals surface area contributed by atoms with Crippen molar-refractivity contribution < 1.29 is 9.21 Å². The fourth-order valence-corrected chi connectivity index (χ4v) is 1.97. The quantitative estimate of drug-likeness (QED) is 0.837. The summed E-state index contributed by atoms with van der Waals surface area (Å²) in [5.41, 5.74) is 0.652. The molecule has 96 valence electrons. The lowest BCUT2D eigenvalue weighted by Crippen LogP contribution is -2.45. The summed E-state index contributed by atoms with van der Waals surface area (Å²) >= 11 is 0. The number of oxazole rings is 1. The zero-order valence-electron chi connectivity index (χ0n) is 10.1. The summed E-state index contributed by atoms with van der Waals surface area (Å²) in [5.74, 6) is 0.708. The number of aromatic nitrogens is 1. The highest BCUT2D eigenvalue weighted by Gasteiger charge is 2.20. The van der Waals surface area contributed by atoms with Crippen molar-refractivity contribution in [3.05, 3.63) is 17.3 Å². The molecule has 0 spiro atoms. The molecule has 0 saturated carbocycles. The Labute approximate surface area is 107 Å². The summed E-state index contributed by atoms with van der Waals surface area (Å²) in [4.78, 5) is 16.0. The van der Waals surface area contributed by atoms with Crippen LogP contribution in [0.5, 0.6) is 0 Å². The highest BCUT2D eigenvalue weighted by Crippen LogP contribution is 2.10. The van der Waals surface area contributed by atoms with Crippen LogP contribution in [-0.2, 0) is 0 Å². The van der Waals surface area contributed by atoms with Crippen molar-refractivity contribution in [1.82, 2.24) is 15.6 Å². The van der Waals surface area contributed by atoms with Crippen LogP contribution in [0.25, 0.3) is 0 Å². The van der Waals surface area contributed by atoms with E-state index in [2.05, 4.69) is 15.6 Å². The van der Waals surface area contributed by atoms with E-state index in [0.717, 1.165) is 25.9 Å². The number of carbonyl (C=O) groups is 1. The minimum atomic E-state index is -0.160. The number of carbonyl (C=O) groups excluding carboxylic acids is 1. The Balaban J connectivity index is 0.00000144. The number of nitrogens with one attached hydrogen (secondary N) is 2. The van der Waals surface area contributed by atoms with Crippen LogP contribution < -0.4 is 10.6 Å². The van der Waals surface area contributed by atoms with Crippen LogP contribution in [0.15, 0.2) is 4.42 Å². The molecule has 1 fully saturated rings. The zero-order chi connectivity index (χ0) is 11.5. The number of rotatable bonds is 2. The predicted octanol–water partition coefficient (Wildman–Crippen LogP) is 1.20. The molecule has 1 saturated heterocycles. The fraction of sp³-hybridized carbons (Fsp3) is 0.636. The van der Waals surface area contributed by atoms with Crippen LogP contribution in [0.3, 0.4) is 0 Å². The first-order valence-corrected chi connectivity index (χ1v) is 5.62. The highest BCUT2D eigenvalue weighted by molar-refractivity contribution is 5.92. The van der Waals surface area contributed by atoms with E-state index in [0.29, 0.717) is 17.3 Å². The standard InChI is InChI=1S/C11H17N3O2.ClH/c1-7-10(16-8(2)13-7)11(15)14-9-4-3-5-12-6-9;/h9,12H,3-6H2,1-2H3,(H,14,15);1H. The number of piperidine rings is 1. The van der Waals surface area contributed by atoms with E-state index in [9.17, 15) is 4.79 Å². The molecule has 1 amide bonds. The number of aryl methyl sites for hydroxylation is 2. The molecule has 0 bridgehead atoms. The van der Waals surface area contributed by atoms with Gasteiger partial charge < -0.3 is 15.1 Å². The summed E-state index contributed by atoms with van der Waals surface area (Å²) in [5, 5.41) is 6.20. The minimum absolute atomic E-state index is 0. The molecule has 5 nitrogen and oxygen atoms in total. The van der Waals surface area contributed by atoms with Gasteiger partial charge in [-0.05, 0) is 26.3 Å². The molecule has 2 N–H and O–H groups in total. The van der Waals surface area contributed by atoms with E-state index >= 15 is 0 Å². The molecule has 1 atom stereocenters. The Bertz CT molecular complexity index is 386. The predicted molar refractivity (Wildman–Crippen MR) is 66.6 cm³/mol. The third kappa shape index (κ3) is 3.44. The van der Waals surface area contributed by atoms with E-state index < -0.39 is 0 Å². The maximum absolute atomic E-state index is 11.9. The lowest BCUT2D eigenvalue weighted by atomic mass is 10.1. The molecule has 1 aromatic heterocycles. The zero-order valence-corrected chi connectivity index (χ0v) is 10.9. The van der Waals surface area contributed by atoms with Crippen LogP contribution in [0.2, 0.25) is 0 Å². The van der Waals surface area contributed by atoms with Crippen molar-refractivity contribution in [3.8, 4) is 0 Å². The number of hydrogen-bond acceptors (Lipinski definition) is 4. The first-order valence-electron chi connectivity index (χ1n) is 5.62. The van der Waals surface area contributed by atoms with Gasteiger partial charge in [-0.2, -0.15) is 0 Å². The SMILES string of the molecule is Cc1nc(C)c(C(=O)NC2CCCNC2)o1.Cl. The van der Waals surface area contributed by atoms with E-state index in [1.165, 1.54) is 0 Å². The molecule has 2 rings (SSSR count). The first kappa shape index (κ1) is 14.0. The lowest BCUT2D eigenvalue weighted by molar-refractivity contribution is 0.0900. The van der Waals surface area contributed by atoms with Gasteiger partial charge in [0, 0.05) is 19.5 Å². The second-order valence-corrected chi connectivity index (χ2v) is 4.16. The van der Waals surface area contributed by atoms with E-state index in [4.69, 9.17) is 4.42 Å². The second kappa shape index (κ2) is 6.02. The largest absolute Gasteiger partial charge is 0.436 e. The third-order valence-electron chi connectivity index (χ3n) is 2.74. The summed E-state index contributed by atoms with van der Waals surface area (Å²) in [7, 11) is 0. The van der Waals surface area contributed by atoms with Crippen LogP contribution in [-0.4, -0.2) is 30.0 Å². The van der Waals surface area contributed by atoms with Gasteiger partial charge in [-0.1, -0.05) is 0 Å². The fourth-order valence-electron chi connectivity index (χ4n) is 1.97. The molecule has 1 aromatic rings. The molecular formula is C11H18ClN3O2. The molecule has 1 aliphatic heterocycles. The molecule has 1 aliphatic rings. The van der Waals surface area contributed by atoms with Crippen LogP contribution in [0, 0.1) is 13.8 Å². The smallest absolute Gasteiger partial charge is 0.289 e. The summed E-state index contributed by atoms with van der Waals surface area (Å²) in [6.45, 7) is 5.39. The highest BCUT2D eigenvalue weighted by atomic mass is 35.5. The average molecular weight is 260 g/mol. The molecule has 0 aliphatic carbocycles. The maximum atomic E-state index is 11.9. The Hall–Kier alpha value is -1.07. The van der Waals surface area contributed by atoms with Gasteiger partial charge in [-0.25, -0.2) is 4.98 Å². The Kier molecular flexibility index (Phi) is 4.96. The van der Waals surface area contributed by atoms with Gasteiger partial charge in [-0.15, -0.1) is 12.4 Å². The van der Waals surface area contributed by atoms with Crippen molar-refractivity contribution in [1.29, 1.82) is 0 Å². The Morgan fingerprint density at radius 3 is 2.82 bits per heavy atom. The van der Waals surface area contributed by atoms with Gasteiger partial charge in [0.15, 0.2) is 5.89 Å². The molecular weight excluding hydrogens is 242 g/mol. The number of amides is 1. The van der Waals surface area contributed by atoms with E-state index in [1.54, 1.807) is 13.8 Å². The molecule has 6 heteroatoms. The second-order valence-electron chi connectivity index (χ2n) is 4.16. The summed E-state index contributed by atoms with van der Waals surface area (Å²) in [6, 6.07) is 0.200. The van der Waals surface area contributed by atoms with Gasteiger partial charge in [0.1, 0.15) is 0 Å². The molecule has 17 heavy (non-hydrogen) atoms. The normalized spacial score (nSPS) is 19.5. The maximum Gasteiger partial charge on any atom is 0.289 e. The summed E-state index contributed by atoms with van der Waals surface area (Å²) in [6.07, 6.45) is 2.12. The number of hydrogen-bond donors (Lipinski definition) is 2. The Morgan fingerprint density at radius 1 is 1.53 bits per heavy atom. The topological polar surface area (TPSA) is 67.2 Å². The first-order chi connectivity index (χ1) is 7.66. The number of nitrogens with zero attached hydrogens (tertiary/aromatic N) is 1. The lowest BCUT2D eigenvalue weighted by Gasteiger charge is -2.23. The number of halogens is 1. The van der Waals surface area contributed by atoms with Crippen LogP contribution in [0.4, 0.5) is 0 Å². The van der Waals surface area contributed by atoms with E-state index in [-0.39, 0.29) is 24.4 Å². The van der Waals surface area contributed by atoms with Crippen molar-refractivity contribution >= 4 is 18.3 Å². The van der Waals surface area contributed by atoms with Crippen LogP contribution >= 0.6 is 12.4 Å². The molecule has 0 aromatic carbocycles. The van der Waals surface area contributed by atoms with Gasteiger partial charge >= 0.3 is 0 Å². The van der Waals surface area contributed by atoms with E-state index in [1.807, 2.05) is 0 Å². The average Bonchev–Trinajstić information content (AvgIpc) is 2.59. The molecule has 1 unspecified atom stereocenters.